The van der Waals surface area contributed by atoms with Crippen molar-refractivity contribution < 1.29 is 22.4 Å². The van der Waals surface area contributed by atoms with Crippen LogP contribution in [0.25, 0.3) is 0 Å². The number of halogens is 4. The van der Waals surface area contributed by atoms with Crippen LogP contribution in [0, 0.1) is 5.82 Å². The van der Waals surface area contributed by atoms with Crippen molar-refractivity contribution in [1.82, 2.24) is 0 Å². The van der Waals surface area contributed by atoms with Gasteiger partial charge in [0, 0.05) is 6.42 Å². The minimum Gasteiger partial charge on any atom is -0.330 e. The lowest BCUT2D eigenvalue weighted by Gasteiger charge is -2.11. The Hall–Kier alpha value is -1.63. The number of nitrogens with one attached hydrogen (secondary N) is 1. The van der Waals surface area contributed by atoms with Gasteiger partial charge in [0.05, 0.1) is 11.3 Å². The minimum atomic E-state index is -4.57. The van der Waals surface area contributed by atoms with Crippen LogP contribution < -0.4 is 11.1 Å². The zero-order valence-electron chi connectivity index (χ0n) is 11.5. The molecule has 0 atom stereocenters. The largest absolute Gasteiger partial charge is 0.416 e. The topological polar surface area (TPSA) is 55.1 Å². The number of rotatable bonds is 7. The molecule has 0 radical (unpaired) electrons. The average molecular weight is 306 g/mol. The van der Waals surface area contributed by atoms with Crippen LogP contribution >= 0.6 is 0 Å². The number of hydrogen-bond acceptors (Lipinski definition) is 2. The molecule has 7 heteroatoms. The Morgan fingerprint density at radius 2 is 1.81 bits per heavy atom. The van der Waals surface area contributed by atoms with Crippen LogP contribution in [0.2, 0.25) is 0 Å². The Labute approximate surface area is 120 Å². The van der Waals surface area contributed by atoms with Crippen molar-refractivity contribution in [3.05, 3.63) is 29.6 Å². The van der Waals surface area contributed by atoms with Gasteiger partial charge in [-0.1, -0.05) is 12.8 Å². The summed E-state index contributed by atoms with van der Waals surface area (Å²) in [6.45, 7) is 0.585. The van der Waals surface area contributed by atoms with Crippen molar-refractivity contribution in [2.45, 2.75) is 38.3 Å². The van der Waals surface area contributed by atoms with E-state index < -0.39 is 29.2 Å². The molecule has 1 amide bonds. The zero-order valence-corrected chi connectivity index (χ0v) is 11.5. The molecule has 0 heterocycles. The SMILES string of the molecule is NCCCCCCC(=O)Nc1cc(C(F)(F)F)ccc1F. The van der Waals surface area contributed by atoms with Gasteiger partial charge in [-0.3, -0.25) is 4.79 Å². The molecular weight excluding hydrogens is 288 g/mol. The van der Waals surface area contributed by atoms with Crippen molar-refractivity contribution in [2.75, 3.05) is 11.9 Å². The molecule has 1 aromatic rings. The number of benzene rings is 1. The molecule has 3 nitrogen and oxygen atoms in total. The summed E-state index contributed by atoms with van der Waals surface area (Å²) < 4.78 is 50.9. The first-order valence-electron chi connectivity index (χ1n) is 6.71. The molecule has 0 unspecified atom stereocenters. The highest BCUT2D eigenvalue weighted by molar-refractivity contribution is 5.90. The Balaban J connectivity index is 2.55. The van der Waals surface area contributed by atoms with Crippen molar-refractivity contribution in [1.29, 1.82) is 0 Å². The first kappa shape index (κ1) is 17.4. The van der Waals surface area contributed by atoms with E-state index in [-0.39, 0.29) is 6.42 Å². The van der Waals surface area contributed by atoms with Gasteiger partial charge in [-0.15, -0.1) is 0 Å². The molecule has 1 rings (SSSR count). The number of nitrogens with two attached hydrogens (primary N) is 1. The number of alkyl halides is 3. The van der Waals surface area contributed by atoms with Gasteiger partial charge in [-0.25, -0.2) is 4.39 Å². The third-order valence-electron chi connectivity index (χ3n) is 2.93. The molecule has 3 N–H and O–H groups in total. The third kappa shape index (κ3) is 6.12. The Kier molecular flexibility index (Phi) is 6.61. The number of unbranched alkanes of at least 4 members (excludes halogenated alkanes) is 3. The third-order valence-corrected chi connectivity index (χ3v) is 2.93. The van der Waals surface area contributed by atoms with E-state index in [0.717, 1.165) is 19.3 Å². The number of hydrogen-bond donors (Lipinski definition) is 2. The van der Waals surface area contributed by atoms with E-state index in [1.807, 2.05) is 0 Å². The lowest BCUT2D eigenvalue weighted by Crippen LogP contribution is -2.14. The first-order chi connectivity index (χ1) is 9.84. The molecule has 0 aliphatic carbocycles. The van der Waals surface area contributed by atoms with Gasteiger partial charge >= 0.3 is 6.18 Å². The van der Waals surface area contributed by atoms with E-state index in [9.17, 15) is 22.4 Å². The fourth-order valence-electron chi connectivity index (χ4n) is 1.79. The fraction of sp³-hybridized carbons (Fsp3) is 0.500. The molecular formula is C14H18F4N2O. The van der Waals surface area contributed by atoms with Gasteiger partial charge in [0.15, 0.2) is 0 Å². The minimum absolute atomic E-state index is 0.139. The van der Waals surface area contributed by atoms with E-state index in [1.54, 1.807) is 0 Å². The van der Waals surface area contributed by atoms with Gasteiger partial charge in [0.1, 0.15) is 5.82 Å². The molecule has 1 aromatic carbocycles. The van der Waals surface area contributed by atoms with Crippen molar-refractivity contribution in [3.63, 3.8) is 0 Å². The average Bonchev–Trinajstić information content (AvgIpc) is 2.40. The van der Waals surface area contributed by atoms with E-state index >= 15 is 0 Å². The summed E-state index contributed by atoms with van der Waals surface area (Å²) in [5.41, 5.74) is 3.88. The van der Waals surface area contributed by atoms with Crippen LogP contribution in [-0.2, 0) is 11.0 Å². The van der Waals surface area contributed by atoms with Gasteiger partial charge in [0.25, 0.3) is 0 Å². The smallest absolute Gasteiger partial charge is 0.330 e. The second kappa shape index (κ2) is 7.97. The maximum Gasteiger partial charge on any atom is 0.416 e. The summed E-state index contributed by atoms with van der Waals surface area (Å²) in [5.74, 6) is -1.39. The summed E-state index contributed by atoms with van der Waals surface area (Å²) in [5, 5.41) is 2.17. The van der Waals surface area contributed by atoms with Gasteiger partial charge < -0.3 is 11.1 Å². The molecule has 0 aliphatic heterocycles. The van der Waals surface area contributed by atoms with Crippen LogP contribution in [0.3, 0.4) is 0 Å². The van der Waals surface area contributed by atoms with E-state index in [1.165, 1.54) is 0 Å². The van der Waals surface area contributed by atoms with Crippen LogP contribution in [0.5, 0.6) is 0 Å². The van der Waals surface area contributed by atoms with E-state index in [4.69, 9.17) is 5.73 Å². The lowest BCUT2D eigenvalue weighted by molar-refractivity contribution is -0.137. The Morgan fingerprint density at radius 3 is 2.43 bits per heavy atom. The standard InChI is InChI=1S/C14H18F4N2O/c15-11-7-6-10(14(16,17)18)9-12(11)20-13(21)5-3-1-2-4-8-19/h6-7,9H,1-5,8,19H2,(H,20,21). The predicted octanol–water partition coefficient (Wildman–Crippen LogP) is 3.69. The van der Waals surface area contributed by atoms with Crippen LogP contribution in [-0.4, -0.2) is 12.5 Å². The normalized spacial score (nSPS) is 11.5. The monoisotopic (exact) mass is 306 g/mol. The molecule has 21 heavy (non-hydrogen) atoms. The summed E-state index contributed by atoms with van der Waals surface area (Å²) in [7, 11) is 0. The second-order valence-electron chi connectivity index (χ2n) is 4.69. The highest BCUT2D eigenvalue weighted by Crippen LogP contribution is 2.31. The molecule has 0 saturated carbocycles. The lowest BCUT2D eigenvalue weighted by atomic mass is 10.1. The molecule has 0 aromatic heterocycles. The van der Waals surface area contributed by atoms with Crippen LogP contribution in [0.1, 0.15) is 37.7 Å². The fourth-order valence-corrected chi connectivity index (χ4v) is 1.79. The number of carbonyl (C=O) groups excluding carboxylic acids is 1. The van der Waals surface area contributed by atoms with Crippen molar-refractivity contribution >= 4 is 11.6 Å². The second-order valence-corrected chi connectivity index (χ2v) is 4.69. The summed E-state index contributed by atoms with van der Waals surface area (Å²) in [6.07, 6.45) is -1.29. The number of amides is 1. The van der Waals surface area contributed by atoms with Crippen LogP contribution in [0.15, 0.2) is 18.2 Å². The highest BCUT2D eigenvalue weighted by Gasteiger charge is 2.31. The van der Waals surface area contributed by atoms with Gasteiger partial charge in [0.2, 0.25) is 5.91 Å². The Morgan fingerprint density at radius 1 is 1.14 bits per heavy atom. The van der Waals surface area contributed by atoms with Crippen molar-refractivity contribution in [2.24, 2.45) is 5.73 Å². The zero-order chi connectivity index (χ0) is 15.9. The van der Waals surface area contributed by atoms with Gasteiger partial charge in [-0.05, 0) is 37.6 Å². The Bertz CT molecular complexity index is 475. The summed E-state index contributed by atoms with van der Waals surface area (Å²) in [6, 6.07) is 1.93. The summed E-state index contributed by atoms with van der Waals surface area (Å²) in [4.78, 5) is 11.6. The molecule has 0 saturated heterocycles. The first-order valence-corrected chi connectivity index (χ1v) is 6.71. The van der Waals surface area contributed by atoms with Crippen molar-refractivity contribution in [3.8, 4) is 0 Å². The molecule has 0 aliphatic rings. The summed E-state index contributed by atoms with van der Waals surface area (Å²) >= 11 is 0. The van der Waals surface area contributed by atoms with Gasteiger partial charge in [-0.2, -0.15) is 13.2 Å². The maximum atomic E-state index is 13.4. The van der Waals surface area contributed by atoms with E-state index in [2.05, 4.69) is 5.32 Å². The quantitative estimate of drug-likeness (QED) is 0.596. The van der Waals surface area contributed by atoms with E-state index in [0.29, 0.717) is 31.2 Å². The molecule has 0 spiro atoms. The molecule has 0 fully saturated rings. The van der Waals surface area contributed by atoms with Crippen LogP contribution in [0.4, 0.5) is 23.2 Å². The number of anilines is 1. The predicted molar refractivity (Wildman–Crippen MR) is 72.2 cm³/mol. The highest BCUT2D eigenvalue weighted by atomic mass is 19.4. The maximum absolute atomic E-state index is 13.4. The number of carbonyl (C=O) groups is 1. The molecule has 0 bridgehead atoms. The molecule has 118 valence electrons.